The van der Waals surface area contributed by atoms with E-state index in [-0.39, 0.29) is 0 Å². The Morgan fingerprint density at radius 3 is 2.94 bits per heavy atom. The Bertz CT molecular complexity index is 454. The molecule has 3 rings (SSSR count). The fourth-order valence-electron chi connectivity index (χ4n) is 3.55. The van der Waals surface area contributed by atoms with Crippen LogP contribution in [0.4, 0.5) is 5.69 Å². The van der Waals surface area contributed by atoms with Gasteiger partial charge in [0, 0.05) is 24.3 Å². The second-order valence-corrected chi connectivity index (χ2v) is 5.77. The Kier molecular flexibility index (Phi) is 2.44. The van der Waals surface area contributed by atoms with Gasteiger partial charge in [-0.25, -0.2) is 0 Å². The smallest absolute Gasteiger partial charge is 0.0556 e. The molecule has 0 aliphatic carbocycles. The Morgan fingerprint density at radius 2 is 2.18 bits per heavy atom. The molecule has 1 saturated heterocycles. The minimum Gasteiger partial charge on any atom is -0.384 e. The summed E-state index contributed by atoms with van der Waals surface area (Å²) in [6.45, 7) is 8.58. The summed E-state index contributed by atoms with van der Waals surface area (Å²) in [5.41, 5.74) is 6.00. The number of hydrogen-bond acceptors (Lipinski definition) is 2. The van der Waals surface area contributed by atoms with Crippen molar-refractivity contribution in [1.29, 1.82) is 0 Å². The molecule has 1 aromatic carbocycles. The summed E-state index contributed by atoms with van der Waals surface area (Å²) in [7, 11) is 0. The number of anilines is 1. The van der Waals surface area contributed by atoms with Crippen LogP contribution < -0.4 is 5.32 Å². The van der Waals surface area contributed by atoms with Gasteiger partial charge in [0.05, 0.1) is 6.10 Å². The predicted octanol–water partition coefficient (Wildman–Crippen LogP) is 3.17. The SMILES string of the molecule is Cc1cc(C)c2c(c1)C1(CCOC(C)C1)CN2. The highest BCUT2D eigenvalue weighted by Crippen LogP contribution is 2.46. The molecule has 0 radical (unpaired) electrons. The molecule has 0 amide bonds. The van der Waals surface area contributed by atoms with Crippen molar-refractivity contribution in [3.8, 4) is 0 Å². The van der Waals surface area contributed by atoms with Gasteiger partial charge in [-0.05, 0) is 44.7 Å². The molecule has 1 N–H and O–H groups in total. The first-order valence-corrected chi connectivity index (χ1v) is 6.58. The average Bonchev–Trinajstić information content (AvgIpc) is 2.58. The fourth-order valence-corrected chi connectivity index (χ4v) is 3.55. The molecular weight excluding hydrogens is 210 g/mol. The van der Waals surface area contributed by atoms with Gasteiger partial charge in [-0.3, -0.25) is 0 Å². The van der Waals surface area contributed by atoms with Gasteiger partial charge in [0.15, 0.2) is 0 Å². The molecular formula is C15H21NO. The summed E-state index contributed by atoms with van der Waals surface area (Å²) in [4.78, 5) is 0. The second kappa shape index (κ2) is 3.74. The highest BCUT2D eigenvalue weighted by atomic mass is 16.5. The predicted molar refractivity (Wildman–Crippen MR) is 70.7 cm³/mol. The maximum Gasteiger partial charge on any atom is 0.0556 e. The number of fused-ring (bicyclic) bond motifs is 2. The van der Waals surface area contributed by atoms with E-state index in [1.165, 1.54) is 22.4 Å². The van der Waals surface area contributed by atoms with Crippen LogP contribution >= 0.6 is 0 Å². The van der Waals surface area contributed by atoms with Crippen LogP contribution in [0.2, 0.25) is 0 Å². The first kappa shape index (κ1) is 11.1. The highest BCUT2D eigenvalue weighted by Gasteiger charge is 2.42. The van der Waals surface area contributed by atoms with Gasteiger partial charge in [0.1, 0.15) is 0 Å². The molecule has 92 valence electrons. The number of nitrogens with one attached hydrogen (secondary N) is 1. The molecule has 2 heterocycles. The molecule has 2 nitrogen and oxygen atoms in total. The summed E-state index contributed by atoms with van der Waals surface area (Å²) < 4.78 is 5.71. The molecule has 2 unspecified atom stereocenters. The van der Waals surface area contributed by atoms with Crippen LogP contribution in [0, 0.1) is 13.8 Å². The lowest BCUT2D eigenvalue weighted by Gasteiger charge is -2.37. The van der Waals surface area contributed by atoms with E-state index in [2.05, 4.69) is 38.2 Å². The van der Waals surface area contributed by atoms with Crippen LogP contribution in [0.1, 0.15) is 36.5 Å². The average molecular weight is 231 g/mol. The summed E-state index contributed by atoms with van der Waals surface area (Å²) in [6, 6.07) is 4.65. The van der Waals surface area contributed by atoms with E-state index in [4.69, 9.17) is 4.74 Å². The summed E-state index contributed by atoms with van der Waals surface area (Å²) in [5, 5.41) is 3.62. The number of rotatable bonds is 0. The minimum absolute atomic E-state index is 0.323. The molecule has 2 aliphatic heterocycles. The number of hydrogen-bond donors (Lipinski definition) is 1. The van der Waals surface area contributed by atoms with Gasteiger partial charge in [-0.1, -0.05) is 17.7 Å². The first-order chi connectivity index (χ1) is 8.11. The largest absolute Gasteiger partial charge is 0.384 e. The third-order valence-electron chi connectivity index (χ3n) is 4.32. The number of aryl methyl sites for hydroxylation is 2. The summed E-state index contributed by atoms with van der Waals surface area (Å²) in [5.74, 6) is 0. The zero-order chi connectivity index (χ0) is 12.0. The van der Waals surface area contributed by atoms with Crippen LogP contribution in [0.5, 0.6) is 0 Å². The summed E-state index contributed by atoms with van der Waals surface area (Å²) in [6.07, 6.45) is 2.69. The lowest BCUT2D eigenvalue weighted by molar-refractivity contribution is -0.00528. The Balaban J connectivity index is 2.08. The topological polar surface area (TPSA) is 21.3 Å². The fraction of sp³-hybridized carbons (Fsp3) is 0.600. The maximum absolute atomic E-state index is 5.71. The number of ether oxygens (including phenoxy) is 1. The van der Waals surface area contributed by atoms with Crippen LogP contribution in [0.3, 0.4) is 0 Å². The second-order valence-electron chi connectivity index (χ2n) is 5.77. The van der Waals surface area contributed by atoms with Gasteiger partial charge < -0.3 is 10.1 Å². The van der Waals surface area contributed by atoms with E-state index in [9.17, 15) is 0 Å². The van der Waals surface area contributed by atoms with E-state index in [0.717, 1.165) is 26.0 Å². The number of benzene rings is 1. The third kappa shape index (κ3) is 1.66. The van der Waals surface area contributed by atoms with E-state index >= 15 is 0 Å². The van der Waals surface area contributed by atoms with Crippen molar-refractivity contribution in [3.63, 3.8) is 0 Å². The van der Waals surface area contributed by atoms with Crippen molar-refractivity contribution in [2.45, 2.75) is 45.1 Å². The molecule has 17 heavy (non-hydrogen) atoms. The van der Waals surface area contributed by atoms with Crippen molar-refractivity contribution < 1.29 is 4.74 Å². The first-order valence-electron chi connectivity index (χ1n) is 6.58. The normalized spacial score (nSPS) is 31.4. The zero-order valence-corrected chi connectivity index (χ0v) is 11.0. The van der Waals surface area contributed by atoms with Gasteiger partial charge in [-0.15, -0.1) is 0 Å². The van der Waals surface area contributed by atoms with Gasteiger partial charge in [0.25, 0.3) is 0 Å². The molecule has 2 aliphatic rings. The lowest BCUT2D eigenvalue weighted by atomic mass is 9.73. The molecule has 1 spiro atoms. The minimum atomic E-state index is 0.323. The van der Waals surface area contributed by atoms with E-state index in [0.29, 0.717) is 11.5 Å². The Morgan fingerprint density at radius 1 is 1.35 bits per heavy atom. The van der Waals surface area contributed by atoms with Crippen LogP contribution in [-0.4, -0.2) is 19.3 Å². The molecule has 0 saturated carbocycles. The lowest BCUT2D eigenvalue weighted by Crippen LogP contribution is -2.39. The van der Waals surface area contributed by atoms with Crippen LogP contribution in [0.15, 0.2) is 12.1 Å². The van der Waals surface area contributed by atoms with Crippen LogP contribution in [-0.2, 0) is 10.2 Å². The van der Waals surface area contributed by atoms with Crippen molar-refractivity contribution in [2.75, 3.05) is 18.5 Å². The molecule has 1 fully saturated rings. The van der Waals surface area contributed by atoms with Crippen molar-refractivity contribution in [3.05, 3.63) is 28.8 Å². The molecule has 2 atom stereocenters. The Hall–Kier alpha value is -1.02. The van der Waals surface area contributed by atoms with Crippen LogP contribution in [0.25, 0.3) is 0 Å². The van der Waals surface area contributed by atoms with Gasteiger partial charge in [-0.2, -0.15) is 0 Å². The van der Waals surface area contributed by atoms with Gasteiger partial charge in [0.2, 0.25) is 0 Å². The zero-order valence-electron chi connectivity index (χ0n) is 11.0. The van der Waals surface area contributed by atoms with Crippen molar-refractivity contribution in [2.24, 2.45) is 0 Å². The quantitative estimate of drug-likeness (QED) is 0.740. The maximum atomic E-state index is 5.71. The van der Waals surface area contributed by atoms with Crippen molar-refractivity contribution in [1.82, 2.24) is 0 Å². The molecule has 1 aromatic rings. The molecule has 0 aromatic heterocycles. The third-order valence-corrected chi connectivity index (χ3v) is 4.32. The van der Waals surface area contributed by atoms with E-state index < -0.39 is 0 Å². The highest BCUT2D eigenvalue weighted by molar-refractivity contribution is 5.66. The van der Waals surface area contributed by atoms with E-state index in [1.54, 1.807) is 0 Å². The monoisotopic (exact) mass is 231 g/mol. The van der Waals surface area contributed by atoms with Gasteiger partial charge >= 0.3 is 0 Å². The standard InChI is InChI=1S/C15H21NO/c1-10-6-11(2)14-13(7-10)15(9-16-14)4-5-17-12(3)8-15/h6-7,12,16H,4-5,8-9H2,1-3H3. The Labute approximate surface area is 103 Å². The van der Waals surface area contributed by atoms with Crippen molar-refractivity contribution >= 4 is 5.69 Å². The summed E-state index contributed by atoms with van der Waals surface area (Å²) >= 11 is 0. The molecule has 0 bridgehead atoms. The van der Waals surface area contributed by atoms with E-state index in [1.807, 2.05) is 0 Å². The molecule has 2 heteroatoms.